The van der Waals surface area contributed by atoms with E-state index < -0.39 is 21.2 Å². The molecule has 1 aromatic carbocycles. The van der Waals surface area contributed by atoms with E-state index in [1.165, 1.54) is 10.7 Å². The minimum Gasteiger partial charge on any atom is -0.268 e. The third-order valence-electron chi connectivity index (χ3n) is 4.82. The molecule has 0 spiro atoms. The third kappa shape index (κ3) is 2.76. The molecule has 134 valence electrons. The number of benzene rings is 1. The molecule has 7 nitrogen and oxygen atoms in total. The number of fused-ring (bicyclic) bond motifs is 2. The molecule has 1 aliphatic rings. The van der Waals surface area contributed by atoms with Gasteiger partial charge in [0.05, 0.1) is 17.5 Å². The Bertz CT molecular complexity index is 1100. The van der Waals surface area contributed by atoms with Crippen LogP contribution in [0.15, 0.2) is 42.7 Å². The Balaban J connectivity index is 1.66. The lowest BCUT2D eigenvalue weighted by Crippen LogP contribution is -2.36. The van der Waals surface area contributed by atoms with E-state index in [0.717, 1.165) is 24.0 Å². The number of nitrogens with zero attached hydrogens (tertiary/aromatic N) is 3. The van der Waals surface area contributed by atoms with Gasteiger partial charge >= 0.3 is 0 Å². The third-order valence-corrected chi connectivity index (χ3v) is 6.53. The molecule has 1 atom stereocenters. The van der Waals surface area contributed by atoms with Crippen LogP contribution in [-0.2, 0) is 16.4 Å². The molecule has 0 saturated heterocycles. The molecule has 3 aromatic rings. The summed E-state index contributed by atoms with van der Waals surface area (Å²) >= 11 is 0. The van der Waals surface area contributed by atoms with Gasteiger partial charge in [-0.25, -0.2) is 22.6 Å². The maximum atomic E-state index is 12.9. The molecule has 1 unspecified atom stereocenters. The molecule has 1 aliphatic carbocycles. The van der Waals surface area contributed by atoms with E-state index in [2.05, 4.69) is 14.8 Å². The van der Waals surface area contributed by atoms with Crippen LogP contribution < -0.4 is 4.72 Å². The molecule has 26 heavy (non-hydrogen) atoms. The smallest absolute Gasteiger partial charge is 0.268 e. The van der Waals surface area contributed by atoms with Crippen LogP contribution >= 0.6 is 0 Å². The summed E-state index contributed by atoms with van der Waals surface area (Å²) in [5.41, 5.74) is 3.13. The van der Waals surface area contributed by atoms with Crippen LogP contribution in [0.2, 0.25) is 0 Å². The van der Waals surface area contributed by atoms with Gasteiger partial charge in [0.1, 0.15) is 5.25 Å². The monoisotopic (exact) mass is 370 g/mol. The van der Waals surface area contributed by atoms with Crippen LogP contribution in [0.1, 0.15) is 45.3 Å². The normalized spacial score (nSPS) is 17.0. The Morgan fingerprint density at radius 3 is 2.92 bits per heavy atom. The lowest BCUT2D eigenvalue weighted by Gasteiger charge is -2.25. The fourth-order valence-electron chi connectivity index (χ4n) is 3.50. The van der Waals surface area contributed by atoms with Gasteiger partial charge in [0, 0.05) is 12.3 Å². The molecule has 0 saturated carbocycles. The van der Waals surface area contributed by atoms with E-state index in [9.17, 15) is 13.2 Å². The van der Waals surface area contributed by atoms with Crippen molar-refractivity contribution in [1.82, 2.24) is 19.3 Å². The highest BCUT2D eigenvalue weighted by atomic mass is 32.2. The Morgan fingerprint density at radius 1 is 1.27 bits per heavy atom. The zero-order chi connectivity index (χ0) is 18.3. The predicted octanol–water partition coefficient (Wildman–Crippen LogP) is 2.17. The average Bonchev–Trinajstić information content (AvgIpc) is 3.10. The SMILES string of the molecule is Cc1c(C(=O)NS(=O)(=O)C2CCCc3ccccc32)cnc2ccnn12. The number of sulfonamides is 1. The fourth-order valence-corrected chi connectivity index (χ4v) is 5.05. The number of hydrogen-bond acceptors (Lipinski definition) is 5. The van der Waals surface area contributed by atoms with E-state index in [0.29, 0.717) is 17.8 Å². The minimum absolute atomic E-state index is 0.189. The summed E-state index contributed by atoms with van der Waals surface area (Å²) in [4.78, 5) is 16.8. The van der Waals surface area contributed by atoms with E-state index in [4.69, 9.17) is 0 Å². The van der Waals surface area contributed by atoms with Gasteiger partial charge in [-0.3, -0.25) is 4.79 Å². The summed E-state index contributed by atoms with van der Waals surface area (Å²) in [6, 6.07) is 9.21. The largest absolute Gasteiger partial charge is 0.268 e. The van der Waals surface area contributed by atoms with Gasteiger partial charge in [0.2, 0.25) is 10.0 Å². The van der Waals surface area contributed by atoms with Gasteiger partial charge < -0.3 is 0 Å². The number of hydrogen-bond donors (Lipinski definition) is 1. The molecular formula is C18H18N4O3S. The van der Waals surface area contributed by atoms with Crippen molar-refractivity contribution in [3.05, 3.63) is 65.1 Å². The maximum absolute atomic E-state index is 12.9. The van der Waals surface area contributed by atoms with Crippen LogP contribution in [0.25, 0.3) is 5.65 Å². The second kappa shape index (κ2) is 6.21. The quantitative estimate of drug-likeness (QED) is 0.763. The summed E-state index contributed by atoms with van der Waals surface area (Å²) in [5.74, 6) is -0.685. The molecule has 2 aromatic heterocycles. The maximum Gasteiger partial charge on any atom is 0.268 e. The molecular weight excluding hydrogens is 352 g/mol. The first kappa shape index (κ1) is 16.7. The Labute approximate surface area is 151 Å². The molecule has 0 aliphatic heterocycles. The minimum atomic E-state index is -3.86. The molecule has 2 heterocycles. The second-order valence-electron chi connectivity index (χ2n) is 6.41. The summed E-state index contributed by atoms with van der Waals surface area (Å²) in [7, 11) is -3.86. The standard InChI is InChI=1S/C18H18N4O3S/c1-12-15(11-19-17-9-10-20-22(12)17)18(23)21-26(24,25)16-8-4-6-13-5-2-3-7-14(13)16/h2-3,5,7,9-11,16H,4,6,8H2,1H3,(H,21,23). The van der Waals surface area contributed by atoms with E-state index >= 15 is 0 Å². The zero-order valence-corrected chi connectivity index (χ0v) is 15.0. The number of amides is 1. The van der Waals surface area contributed by atoms with Crippen molar-refractivity contribution in [3.8, 4) is 0 Å². The predicted molar refractivity (Wildman–Crippen MR) is 96.2 cm³/mol. The van der Waals surface area contributed by atoms with Crippen LogP contribution in [0.5, 0.6) is 0 Å². The van der Waals surface area contributed by atoms with E-state index in [-0.39, 0.29) is 5.56 Å². The highest BCUT2D eigenvalue weighted by Gasteiger charge is 2.33. The first-order valence-electron chi connectivity index (χ1n) is 8.40. The van der Waals surface area contributed by atoms with Gasteiger partial charge in [0.15, 0.2) is 5.65 Å². The Morgan fingerprint density at radius 2 is 2.08 bits per heavy atom. The van der Waals surface area contributed by atoms with E-state index in [1.54, 1.807) is 19.2 Å². The molecule has 1 N–H and O–H groups in total. The van der Waals surface area contributed by atoms with Crippen molar-refractivity contribution in [2.45, 2.75) is 31.4 Å². The molecule has 0 fully saturated rings. The Hall–Kier alpha value is -2.74. The topological polar surface area (TPSA) is 93.4 Å². The number of carbonyl (C=O) groups excluding carboxylic acids is 1. The molecule has 4 rings (SSSR count). The van der Waals surface area contributed by atoms with Crippen molar-refractivity contribution in [2.24, 2.45) is 0 Å². The first-order valence-corrected chi connectivity index (χ1v) is 9.95. The summed E-state index contributed by atoms with van der Waals surface area (Å²) in [6.07, 6.45) is 5.08. The highest BCUT2D eigenvalue weighted by Crippen LogP contribution is 2.35. The van der Waals surface area contributed by atoms with Crippen molar-refractivity contribution in [3.63, 3.8) is 0 Å². The van der Waals surface area contributed by atoms with Crippen molar-refractivity contribution in [2.75, 3.05) is 0 Å². The van der Waals surface area contributed by atoms with E-state index in [1.807, 2.05) is 24.3 Å². The highest BCUT2D eigenvalue weighted by molar-refractivity contribution is 7.90. The number of aryl methyl sites for hydroxylation is 2. The first-order chi connectivity index (χ1) is 12.5. The molecule has 1 amide bonds. The Kier molecular flexibility index (Phi) is 3.99. The van der Waals surface area contributed by atoms with Crippen molar-refractivity contribution < 1.29 is 13.2 Å². The van der Waals surface area contributed by atoms with Crippen molar-refractivity contribution in [1.29, 1.82) is 0 Å². The number of carbonyl (C=O) groups is 1. The summed E-state index contributed by atoms with van der Waals surface area (Å²) in [5, 5.41) is 3.38. The molecule has 0 bridgehead atoms. The fraction of sp³-hybridized carbons (Fsp3) is 0.278. The van der Waals surface area contributed by atoms with Gasteiger partial charge in [0.25, 0.3) is 5.91 Å². The van der Waals surface area contributed by atoms with Gasteiger partial charge in [-0.15, -0.1) is 0 Å². The zero-order valence-electron chi connectivity index (χ0n) is 14.2. The van der Waals surface area contributed by atoms with Gasteiger partial charge in [-0.1, -0.05) is 24.3 Å². The molecule has 8 heteroatoms. The van der Waals surface area contributed by atoms with Crippen LogP contribution in [0, 0.1) is 6.92 Å². The summed E-state index contributed by atoms with van der Waals surface area (Å²) < 4.78 is 29.5. The number of nitrogens with one attached hydrogen (secondary N) is 1. The average molecular weight is 370 g/mol. The lowest BCUT2D eigenvalue weighted by molar-refractivity contribution is 0.0979. The summed E-state index contributed by atoms with van der Waals surface area (Å²) in [6.45, 7) is 1.71. The number of aromatic nitrogens is 3. The second-order valence-corrected chi connectivity index (χ2v) is 8.28. The van der Waals surface area contributed by atoms with Gasteiger partial charge in [-0.05, 0) is 37.3 Å². The number of rotatable bonds is 3. The lowest BCUT2D eigenvalue weighted by atomic mass is 9.91. The van der Waals surface area contributed by atoms with Gasteiger partial charge in [-0.2, -0.15) is 5.10 Å². The van der Waals surface area contributed by atoms with Crippen LogP contribution in [0.3, 0.4) is 0 Å². The van der Waals surface area contributed by atoms with Crippen LogP contribution in [-0.4, -0.2) is 28.9 Å². The van der Waals surface area contributed by atoms with Crippen LogP contribution in [0.4, 0.5) is 0 Å². The molecule has 0 radical (unpaired) electrons. The van der Waals surface area contributed by atoms with Crippen molar-refractivity contribution >= 4 is 21.6 Å².